The second-order valence-corrected chi connectivity index (χ2v) is 5.30. The Kier molecular flexibility index (Phi) is 3.26. The van der Waals surface area contributed by atoms with Crippen LogP contribution >= 0.6 is 11.6 Å². The van der Waals surface area contributed by atoms with Gasteiger partial charge < -0.3 is 9.64 Å². The topological polar surface area (TPSA) is 42.4 Å². The van der Waals surface area contributed by atoms with Crippen molar-refractivity contribution < 1.29 is 9.53 Å². The Bertz CT molecular complexity index is 700. The molecule has 0 fully saturated rings. The Morgan fingerprint density at radius 3 is 2.95 bits per heavy atom. The van der Waals surface area contributed by atoms with Crippen molar-refractivity contribution in [1.29, 1.82) is 0 Å². The molecule has 1 amide bonds. The summed E-state index contributed by atoms with van der Waals surface area (Å²) in [5, 5.41) is 1.55. The van der Waals surface area contributed by atoms with E-state index in [1.54, 1.807) is 18.9 Å². The maximum Gasteiger partial charge on any atom is 0.219 e. The molecule has 2 heterocycles. The van der Waals surface area contributed by atoms with Crippen LogP contribution in [0, 0.1) is 0 Å². The van der Waals surface area contributed by atoms with Crippen molar-refractivity contribution in [3.8, 4) is 5.75 Å². The summed E-state index contributed by atoms with van der Waals surface area (Å²) < 4.78 is 5.23. The molecular formula is C15H15ClN2O2. The number of amides is 1. The number of carbonyl (C=O) groups excluding carboxylic acids is 1. The van der Waals surface area contributed by atoms with E-state index in [9.17, 15) is 4.79 Å². The summed E-state index contributed by atoms with van der Waals surface area (Å²) >= 11 is 6.52. The molecule has 0 saturated heterocycles. The van der Waals surface area contributed by atoms with Gasteiger partial charge in [0, 0.05) is 43.1 Å². The average molecular weight is 291 g/mol. The highest BCUT2D eigenvalue weighted by Gasteiger charge is 2.23. The number of ether oxygens (including phenoxy) is 1. The highest BCUT2D eigenvalue weighted by Crippen LogP contribution is 2.33. The SMILES string of the molecule is COc1ccc2nc3c(c(Cl)c2c1)CN(C(C)=O)CC3. The zero-order valence-corrected chi connectivity index (χ0v) is 12.2. The standard InChI is InChI=1S/C15H15ClN2O2/c1-9(19)18-6-5-14-12(8-18)15(16)11-7-10(20-2)3-4-13(11)17-14/h3-4,7H,5-6,8H2,1-2H3. The van der Waals surface area contributed by atoms with Crippen LogP contribution in [0.15, 0.2) is 18.2 Å². The van der Waals surface area contributed by atoms with Crippen LogP contribution in [0.3, 0.4) is 0 Å². The number of fused-ring (bicyclic) bond motifs is 2. The molecule has 0 saturated carbocycles. The molecule has 104 valence electrons. The Morgan fingerprint density at radius 1 is 1.45 bits per heavy atom. The molecule has 5 heteroatoms. The summed E-state index contributed by atoms with van der Waals surface area (Å²) in [4.78, 5) is 18.0. The summed E-state index contributed by atoms with van der Waals surface area (Å²) in [5.41, 5.74) is 2.81. The van der Waals surface area contributed by atoms with Crippen LogP contribution in [0.2, 0.25) is 5.02 Å². The number of aromatic nitrogens is 1. The number of rotatable bonds is 1. The highest BCUT2D eigenvalue weighted by atomic mass is 35.5. The van der Waals surface area contributed by atoms with Crippen molar-refractivity contribution in [2.24, 2.45) is 0 Å². The fourth-order valence-corrected chi connectivity index (χ4v) is 2.88. The number of hydrogen-bond acceptors (Lipinski definition) is 3. The molecule has 1 aliphatic heterocycles. The molecule has 2 aromatic rings. The minimum atomic E-state index is 0.0671. The van der Waals surface area contributed by atoms with E-state index in [-0.39, 0.29) is 5.91 Å². The van der Waals surface area contributed by atoms with Gasteiger partial charge in [-0.2, -0.15) is 0 Å². The molecular weight excluding hydrogens is 276 g/mol. The molecule has 0 unspecified atom stereocenters. The summed E-state index contributed by atoms with van der Waals surface area (Å²) in [6.07, 6.45) is 0.747. The maximum absolute atomic E-state index is 11.5. The van der Waals surface area contributed by atoms with E-state index in [0.29, 0.717) is 18.1 Å². The number of nitrogens with zero attached hydrogens (tertiary/aromatic N) is 2. The third kappa shape index (κ3) is 2.10. The van der Waals surface area contributed by atoms with E-state index in [4.69, 9.17) is 16.3 Å². The summed E-state index contributed by atoms with van der Waals surface area (Å²) in [6, 6.07) is 5.68. The number of benzene rings is 1. The predicted molar refractivity (Wildman–Crippen MR) is 78.1 cm³/mol. The molecule has 0 N–H and O–H groups in total. The third-order valence-corrected chi connectivity index (χ3v) is 4.15. The number of carbonyl (C=O) groups is 1. The first-order chi connectivity index (χ1) is 9.60. The molecule has 4 nitrogen and oxygen atoms in total. The number of halogens is 1. The monoisotopic (exact) mass is 290 g/mol. The lowest BCUT2D eigenvalue weighted by molar-refractivity contribution is -0.129. The minimum absolute atomic E-state index is 0.0671. The zero-order chi connectivity index (χ0) is 14.3. The normalized spacial score (nSPS) is 14.2. The Balaban J connectivity index is 2.16. The largest absolute Gasteiger partial charge is 0.497 e. The summed E-state index contributed by atoms with van der Waals surface area (Å²) in [6.45, 7) is 2.81. The lowest BCUT2D eigenvalue weighted by atomic mass is 10.0. The fourth-order valence-electron chi connectivity index (χ4n) is 2.56. The molecule has 1 aromatic carbocycles. The van der Waals surface area contributed by atoms with Gasteiger partial charge in [0.15, 0.2) is 0 Å². The van der Waals surface area contributed by atoms with Gasteiger partial charge in [0.2, 0.25) is 5.91 Å². The molecule has 0 radical (unpaired) electrons. The molecule has 1 aromatic heterocycles. The lowest BCUT2D eigenvalue weighted by Gasteiger charge is -2.28. The molecule has 0 aliphatic carbocycles. The van der Waals surface area contributed by atoms with Crippen molar-refractivity contribution in [2.75, 3.05) is 13.7 Å². The van der Waals surface area contributed by atoms with E-state index >= 15 is 0 Å². The summed E-state index contributed by atoms with van der Waals surface area (Å²) in [7, 11) is 1.62. The molecule has 0 bridgehead atoms. The van der Waals surface area contributed by atoms with Crippen LogP contribution in [-0.2, 0) is 17.8 Å². The second-order valence-electron chi connectivity index (χ2n) is 4.92. The number of pyridine rings is 1. The average Bonchev–Trinajstić information content (AvgIpc) is 2.47. The molecule has 0 atom stereocenters. The van der Waals surface area contributed by atoms with Gasteiger partial charge in [0.1, 0.15) is 5.75 Å². The maximum atomic E-state index is 11.5. The highest BCUT2D eigenvalue weighted by molar-refractivity contribution is 6.36. The van der Waals surface area contributed by atoms with Gasteiger partial charge >= 0.3 is 0 Å². The Morgan fingerprint density at radius 2 is 2.25 bits per heavy atom. The van der Waals surface area contributed by atoms with Crippen LogP contribution < -0.4 is 4.74 Å². The van der Waals surface area contributed by atoms with Crippen molar-refractivity contribution in [2.45, 2.75) is 19.9 Å². The van der Waals surface area contributed by atoms with Gasteiger partial charge in [-0.25, -0.2) is 0 Å². The molecule has 1 aliphatic rings. The van der Waals surface area contributed by atoms with E-state index in [0.717, 1.165) is 34.3 Å². The number of hydrogen-bond donors (Lipinski definition) is 0. The molecule has 3 rings (SSSR count). The quantitative estimate of drug-likeness (QED) is 0.811. The summed E-state index contributed by atoms with van der Waals surface area (Å²) in [5.74, 6) is 0.817. The van der Waals surface area contributed by atoms with Gasteiger partial charge in [-0.05, 0) is 18.2 Å². The first-order valence-electron chi connectivity index (χ1n) is 6.50. The van der Waals surface area contributed by atoms with Crippen LogP contribution in [0.4, 0.5) is 0 Å². The minimum Gasteiger partial charge on any atom is -0.497 e. The van der Waals surface area contributed by atoms with Gasteiger partial charge in [0.25, 0.3) is 0 Å². The van der Waals surface area contributed by atoms with Crippen LogP contribution in [-0.4, -0.2) is 29.4 Å². The smallest absolute Gasteiger partial charge is 0.219 e. The van der Waals surface area contributed by atoms with Gasteiger partial charge in [-0.1, -0.05) is 11.6 Å². The lowest BCUT2D eigenvalue weighted by Crippen LogP contribution is -2.34. The van der Waals surface area contributed by atoms with Gasteiger partial charge in [0.05, 0.1) is 17.6 Å². The van der Waals surface area contributed by atoms with Crippen molar-refractivity contribution in [3.63, 3.8) is 0 Å². The van der Waals surface area contributed by atoms with Crippen LogP contribution in [0.1, 0.15) is 18.2 Å². The van der Waals surface area contributed by atoms with E-state index in [2.05, 4.69) is 4.98 Å². The van der Waals surface area contributed by atoms with Crippen molar-refractivity contribution in [3.05, 3.63) is 34.5 Å². The van der Waals surface area contributed by atoms with Crippen LogP contribution in [0.5, 0.6) is 5.75 Å². The second kappa shape index (κ2) is 4.94. The first kappa shape index (κ1) is 13.2. The zero-order valence-electron chi connectivity index (χ0n) is 11.4. The Hall–Kier alpha value is -1.81. The van der Waals surface area contributed by atoms with E-state index in [1.807, 2.05) is 18.2 Å². The van der Waals surface area contributed by atoms with Crippen molar-refractivity contribution in [1.82, 2.24) is 9.88 Å². The fraction of sp³-hybridized carbons (Fsp3) is 0.333. The Labute approximate surface area is 122 Å². The van der Waals surface area contributed by atoms with Crippen molar-refractivity contribution >= 4 is 28.4 Å². The van der Waals surface area contributed by atoms with Crippen LogP contribution in [0.25, 0.3) is 10.9 Å². The molecule has 20 heavy (non-hydrogen) atoms. The predicted octanol–water partition coefficient (Wildman–Crippen LogP) is 2.80. The molecule has 0 spiro atoms. The first-order valence-corrected chi connectivity index (χ1v) is 6.88. The van der Waals surface area contributed by atoms with Gasteiger partial charge in [-0.15, -0.1) is 0 Å². The third-order valence-electron chi connectivity index (χ3n) is 3.72. The van der Waals surface area contributed by atoms with E-state index < -0.39 is 0 Å². The van der Waals surface area contributed by atoms with E-state index in [1.165, 1.54) is 0 Å². The van der Waals surface area contributed by atoms with Gasteiger partial charge in [-0.3, -0.25) is 9.78 Å². The number of methoxy groups -OCH3 is 1.